The highest BCUT2D eigenvalue weighted by molar-refractivity contribution is 5.66. The van der Waals surface area contributed by atoms with E-state index < -0.39 is 0 Å². The van der Waals surface area contributed by atoms with E-state index >= 15 is 0 Å². The molecule has 1 N–H and O–H groups in total. The van der Waals surface area contributed by atoms with E-state index in [0.717, 1.165) is 32.1 Å². The molecule has 0 saturated heterocycles. The number of hydrogen-bond donors (Lipinski definition) is 1. The van der Waals surface area contributed by atoms with Gasteiger partial charge in [0.25, 0.3) is 0 Å². The standard InChI is InChI=1S/C11H20NO3/c1-2-3-7-10-15-11(14)12-8-5-4-6-9-13/h2-8,10H2,1H3,(H,12,14). The van der Waals surface area contributed by atoms with Gasteiger partial charge in [-0.05, 0) is 19.3 Å². The van der Waals surface area contributed by atoms with Crippen LogP contribution in [-0.2, 0) is 9.53 Å². The van der Waals surface area contributed by atoms with Gasteiger partial charge in [0.2, 0.25) is 0 Å². The van der Waals surface area contributed by atoms with Crippen LogP contribution in [0, 0.1) is 0 Å². The van der Waals surface area contributed by atoms with E-state index in [9.17, 15) is 9.59 Å². The van der Waals surface area contributed by atoms with Gasteiger partial charge in [0.15, 0.2) is 6.29 Å². The van der Waals surface area contributed by atoms with Crippen LogP contribution in [0.2, 0.25) is 0 Å². The Bertz CT molecular complexity index is 171. The van der Waals surface area contributed by atoms with Crippen LogP contribution in [0.5, 0.6) is 0 Å². The fraction of sp³-hybridized carbons (Fsp3) is 0.818. The monoisotopic (exact) mass is 214 g/mol. The van der Waals surface area contributed by atoms with Crippen LogP contribution in [0.3, 0.4) is 0 Å². The van der Waals surface area contributed by atoms with Crippen LogP contribution >= 0.6 is 0 Å². The van der Waals surface area contributed by atoms with Gasteiger partial charge in [-0.15, -0.1) is 0 Å². The largest absolute Gasteiger partial charge is 0.450 e. The van der Waals surface area contributed by atoms with Crippen LogP contribution in [0.25, 0.3) is 0 Å². The molecule has 0 aliphatic heterocycles. The number of carbonyl (C=O) groups excluding carboxylic acids is 2. The van der Waals surface area contributed by atoms with E-state index in [4.69, 9.17) is 4.74 Å². The molecule has 0 fully saturated rings. The van der Waals surface area contributed by atoms with Gasteiger partial charge >= 0.3 is 6.09 Å². The highest BCUT2D eigenvalue weighted by Crippen LogP contribution is 1.95. The Morgan fingerprint density at radius 1 is 1.27 bits per heavy atom. The van der Waals surface area contributed by atoms with Gasteiger partial charge < -0.3 is 10.1 Å². The molecule has 0 atom stereocenters. The molecule has 0 saturated carbocycles. The smallest absolute Gasteiger partial charge is 0.407 e. The number of unbranched alkanes of at least 4 members (excludes halogenated alkanes) is 4. The predicted molar refractivity (Wildman–Crippen MR) is 58.4 cm³/mol. The quantitative estimate of drug-likeness (QED) is 0.598. The van der Waals surface area contributed by atoms with Crippen molar-refractivity contribution in [2.24, 2.45) is 0 Å². The SMILES string of the molecule is CCCCCOC(=O)NCCCC[C]=O. The molecule has 0 aliphatic rings. The molecule has 1 amide bonds. The third kappa shape index (κ3) is 10.9. The molecule has 0 bridgehead atoms. The van der Waals surface area contributed by atoms with Crippen LogP contribution in [-0.4, -0.2) is 25.5 Å². The van der Waals surface area contributed by atoms with Crippen molar-refractivity contribution in [1.82, 2.24) is 5.32 Å². The molecule has 0 heterocycles. The number of carbonyl (C=O) groups is 1. The molecule has 0 spiro atoms. The van der Waals surface area contributed by atoms with Crippen molar-refractivity contribution in [3.63, 3.8) is 0 Å². The Balaban J connectivity index is 3.15. The minimum Gasteiger partial charge on any atom is -0.450 e. The van der Waals surface area contributed by atoms with Crippen molar-refractivity contribution in [2.75, 3.05) is 13.2 Å². The van der Waals surface area contributed by atoms with Crippen molar-refractivity contribution in [2.45, 2.75) is 45.4 Å². The summed E-state index contributed by atoms with van der Waals surface area (Å²) in [4.78, 5) is 20.9. The molecule has 0 aromatic carbocycles. The number of nitrogens with one attached hydrogen (secondary N) is 1. The molecule has 87 valence electrons. The second-order valence-electron chi connectivity index (χ2n) is 3.37. The first-order chi connectivity index (χ1) is 7.31. The molecule has 0 unspecified atom stereocenters. The van der Waals surface area contributed by atoms with Crippen molar-refractivity contribution in [1.29, 1.82) is 0 Å². The van der Waals surface area contributed by atoms with E-state index in [0.29, 0.717) is 19.6 Å². The molecular weight excluding hydrogens is 194 g/mol. The molecule has 4 heteroatoms. The first-order valence-electron chi connectivity index (χ1n) is 5.57. The fourth-order valence-corrected chi connectivity index (χ4v) is 1.08. The topological polar surface area (TPSA) is 55.4 Å². The summed E-state index contributed by atoms with van der Waals surface area (Å²) in [7, 11) is 0. The summed E-state index contributed by atoms with van der Waals surface area (Å²) in [5.41, 5.74) is 0. The fourth-order valence-electron chi connectivity index (χ4n) is 1.08. The molecule has 4 nitrogen and oxygen atoms in total. The van der Waals surface area contributed by atoms with E-state index in [1.54, 1.807) is 0 Å². The summed E-state index contributed by atoms with van der Waals surface area (Å²) in [5.74, 6) is 0. The maximum Gasteiger partial charge on any atom is 0.407 e. The van der Waals surface area contributed by atoms with Gasteiger partial charge in [0, 0.05) is 13.0 Å². The Morgan fingerprint density at radius 3 is 2.73 bits per heavy atom. The van der Waals surface area contributed by atoms with Gasteiger partial charge in [-0.25, -0.2) is 4.79 Å². The third-order valence-electron chi connectivity index (χ3n) is 1.96. The molecule has 0 aliphatic carbocycles. The Labute approximate surface area is 91.4 Å². The Hall–Kier alpha value is -1.06. The molecule has 15 heavy (non-hydrogen) atoms. The average Bonchev–Trinajstić information content (AvgIpc) is 2.24. The highest BCUT2D eigenvalue weighted by Gasteiger charge is 1.99. The van der Waals surface area contributed by atoms with Crippen molar-refractivity contribution >= 4 is 12.4 Å². The number of ether oxygens (including phenoxy) is 1. The summed E-state index contributed by atoms with van der Waals surface area (Å²) in [6.45, 7) is 3.15. The highest BCUT2D eigenvalue weighted by atomic mass is 16.5. The lowest BCUT2D eigenvalue weighted by Crippen LogP contribution is -2.25. The van der Waals surface area contributed by atoms with Crippen molar-refractivity contribution < 1.29 is 14.3 Å². The summed E-state index contributed by atoms with van der Waals surface area (Å²) >= 11 is 0. The maximum absolute atomic E-state index is 11.0. The Morgan fingerprint density at radius 2 is 2.07 bits per heavy atom. The van der Waals surface area contributed by atoms with E-state index in [1.165, 1.54) is 0 Å². The first-order valence-corrected chi connectivity index (χ1v) is 5.57. The van der Waals surface area contributed by atoms with E-state index in [-0.39, 0.29) is 6.09 Å². The van der Waals surface area contributed by atoms with Gasteiger partial charge in [-0.2, -0.15) is 0 Å². The van der Waals surface area contributed by atoms with Crippen LogP contribution in [0.15, 0.2) is 0 Å². The minimum absolute atomic E-state index is 0.360. The van der Waals surface area contributed by atoms with Crippen molar-refractivity contribution in [3.8, 4) is 0 Å². The summed E-state index contributed by atoms with van der Waals surface area (Å²) in [5, 5.41) is 2.63. The van der Waals surface area contributed by atoms with Crippen LogP contribution < -0.4 is 5.32 Å². The molecule has 1 radical (unpaired) electrons. The average molecular weight is 214 g/mol. The number of amides is 1. The summed E-state index contributed by atoms with van der Waals surface area (Å²) in [6, 6.07) is 0. The van der Waals surface area contributed by atoms with Gasteiger partial charge in [0.05, 0.1) is 6.61 Å². The predicted octanol–water partition coefficient (Wildman–Crippen LogP) is 2.18. The molecule has 0 rings (SSSR count). The van der Waals surface area contributed by atoms with Gasteiger partial charge in [-0.1, -0.05) is 19.8 Å². The zero-order valence-corrected chi connectivity index (χ0v) is 9.38. The second-order valence-corrected chi connectivity index (χ2v) is 3.37. The molecule has 0 aromatic heterocycles. The van der Waals surface area contributed by atoms with Gasteiger partial charge in [-0.3, -0.25) is 4.79 Å². The Kier molecular flexibility index (Phi) is 10.2. The summed E-state index contributed by atoms with van der Waals surface area (Å²) in [6.07, 6.45) is 6.57. The first kappa shape index (κ1) is 13.9. The summed E-state index contributed by atoms with van der Waals surface area (Å²) < 4.78 is 4.92. The zero-order valence-electron chi connectivity index (χ0n) is 9.38. The number of alkyl carbamates (subject to hydrolysis) is 1. The van der Waals surface area contributed by atoms with Gasteiger partial charge in [0.1, 0.15) is 0 Å². The number of hydrogen-bond acceptors (Lipinski definition) is 3. The zero-order chi connectivity index (χ0) is 11.4. The van der Waals surface area contributed by atoms with Crippen LogP contribution in [0.1, 0.15) is 45.4 Å². The lowest BCUT2D eigenvalue weighted by molar-refractivity contribution is 0.144. The normalized spacial score (nSPS) is 9.67. The maximum atomic E-state index is 11.0. The molecular formula is C11H20NO3. The minimum atomic E-state index is -0.360. The van der Waals surface area contributed by atoms with E-state index in [2.05, 4.69) is 12.2 Å². The second kappa shape index (κ2) is 11.0. The van der Waals surface area contributed by atoms with Crippen LogP contribution in [0.4, 0.5) is 4.79 Å². The van der Waals surface area contributed by atoms with Crippen molar-refractivity contribution in [3.05, 3.63) is 0 Å². The van der Waals surface area contributed by atoms with E-state index in [1.807, 2.05) is 6.29 Å². The molecule has 0 aromatic rings. The number of rotatable bonds is 9. The lowest BCUT2D eigenvalue weighted by Gasteiger charge is -2.05. The lowest BCUT2D eigenvalue weighted by atomic mass is 10.2. The third-order valence-corrected chi connectivity index (χ3v) is 1.96.